The van der Waals surface area contributed by atoms with Crippen LogP contribution in [0.25, 0.3) is 0 Å². The summed E-state index contributed by atoms with van der Waals surface area (Å²) in [5.41, 5.74) is 0. The first-order valence-electron chi connectivity index (χ1n) is 8.97. The van der Waals surface area contributed by atoms with Crippen LogP contribution in [0.3, 0.4) is 0 Å². The number of unbranched alkanes of at least 4 members (excludes halogenated alkanes) is 1. The van der Waals surface area contributed by atoms with E-state index in [0.717, 1.165) is 12.8 Å². The Balaban J connectivity index is 3.94. The summed E-state index contributed by atoms with van der Waals surface area (Å²) in [6, 6.07) is -0.348. The maximum atomic E-state index is 12.1. The van der Waals surface area contributed by atoms with Crippen molar-refractivity contribution in [3.05, 3.63) is 0 Å². The Kier molecular flexibility index (Phi) is 13.5. The van der Waals surface area contributed by atoms with Crippen molar-refractivity contribution >= 4 is 11.8 Å². The van der Waals surface area contributed by atoms with Gasteiger partial charge >= 0.3 is 0 Å². The first-order chi connectivity index (χ1) is 11.4. The number of carbonyl (C=O) groups is 2. The van der Waals surface area contributed by atoms with Gasteiger partial charge in [-0.1, -0.05) is 20.8 Å². The van der Waals surface area contributed by atoms with Crippen molar-refractivity contribution in [2.24, 2.45) is 5.92 Å². The second kappa shape index (κ2) is 14.2. The monoisotopic (exact) mass is 345 g/mol. The number of nitrogens with one attached hydrogen (secondary N) is 3. The lowest BCUT2D eigenvalue weighted by molar-refractivity contribution is -0.124. The van der Waals surface area contributed by atoms with Gasteiger partial charge in [0.15, 0.2) is 0 Å². The molecule has 0 saturated carbocycles. The zero-order chi connectivity index (χ0) is 18.4. The molecule has 0 aliphatic carbocycles. The molecule has 0 saturated heterocycles. The molecule has 0 rings (SSSR count). The fourth-order valence-electron chi connectivity index (χ4n) is 2.19. The molecule has 0 aliphatic rings. The Hall–Kier alpha value is -1.18. The van der Waals surface area contributed by atoms with E-state index < -0.39 is 6.10 Å². The molecule has 24 heavy (non-hydrogen) atoms. The van der Waals surface area contributed by atoms with E-state index in [0.29, 0.717) is 44.8 Å². The number of hydrogen-bond donors (Lipinski definition) is 5. The molecule has 2 amide bonds. The van der Waals surface area contributed by atoms with Crippen molar-refractivity contribution in [3.63, 3.8) is 0 Å². The van der Waals surface area contributed by atoms with E-state index in [4.69, 9.17) is 5.11 Å². The van der Waals surface area contributed by atoms with Gasteiger partial charge in [0, 0.05) is 19.5 Å². The third-order valence-corrected chi connectivity index (χ3v) is 3.61. The van der Waals surface area contributed by atoms with Crippen LogP contribution in [0.2, 0.25) is 0 Å². The third-order valence-electron chi connectivity index (χ3n) is 3.61. The maximum absolute atomic E-state index is 12.1. The molecule has 0 unspecified atom stereocenters. The lowest BCUT2D eigenvalue weighted by atomic mass is 10.1. The highest BCUT2D eigenvalue weighted by Crippen LogP contribution is 2.01. The van der Waals surface area contributed by atoms with Crippen LogP contribution in [0.4, 0.5) is 0 Å². The fraction of sp³-hybridized carbons (Fsp3) is 0.882. The number of amides is 2. The molecule has 0 heterocycles. The summed E-state index contributed by atoms with van der Waals surface area (Å²) >= 11 is 0. The fourth-order valence-corrected chi connectivity index (χ4v) is 2.19. The third kappa shape index (κ3) is 12.3. The summed E-state index contributed by atoms with van der Waals surface area (Å²) in [5.74, 6) is 0.262. The van der Waals surface area contributed by atoms with E-state index in [1.54, 1.807) is 0 Å². The van der Waals surface area contributed by atoms with Crippen molar-refractivity contribution in [1.29, 1.82) is 0 Å². The second-order valence-corrected chi connectivity index (χ2v) is 6.47. The van der Waals surface area contributed by atoms with Gasteiger partial charge in [-0.2, -0.15) is 0 Å². The lowest BCUT2D eigenvalue weighted by Gasteiger charge is -2.18. The number of aliphatic hydroxyl groups is 2. The molecule has 2 atom stereocenters. The SMILES string of the molecule is CCN[C@@H](CCC(=O)NCCCC[C@H](O)CO)C(=O)NCC(C)C. The van der Waals surface area contributed by atoms with E-state index in [-0.39, 0.29) is 24.5 Å². The van der Waals surface area contributed by atoms with Crippen LogP contribution in [0, 0.1) is 5.92 Å². The standard InChI is InChI=1S/C17H35N3O4/c1-4-18-15(17(24)20-11-13(2)3)8-9-16(23)19-10-6-5-7-14(22)12-21/h13-15,18,21-22H,4-12H2,1-3H3,(H,19,23)(H,20,24)/t14-,15-/m0/s1. The Labute approximate surface area is 145 Å². The molecule has 0 spiro atoms. The Bertz CT molecular complexity index is 351. The average molecular weight is 345 g/mol. The van der Waals surface area contributed by atoms with Crippen LogP contribution in [0.15, 0.2) is 0 Å². The van der Waals surface area contributed by atoms with E-state index in [1.807, 2.05) is 20.8 Å². The van der Waals surface area contributed by atoms with Crippen molar-refractivity contribution in [2.45, 2.75) is 65.0 Å². The topological polar surface area (TPSA) is 111 Å². The maximum Gasteiger partial charge on any atom is 0.237 e. The van der Waals surface area contributed by atoms with Gasteiger partial charge in [0.05, 0.1) is 18.8 Å². The molecule has 0 aromatic carbocycles. The highest BCUT2D eigenvalue weighted by molar-refractivity contribution is 5.83. The van der Waals surface area contributed by atoms with Gasteiger partial charge in [-0.25, -0.2) is 0 Å². The molecule has 5 N–H and O–H groups in total. The summed E-state index contributed by atoms with van der Waals surface area (Å²) in [6.45, 7) is 7.63. The molecule has 7 heteroatoms. The molecule has 0 aromatic heterocycles. The van der Waals surface area contributed by atoms with E-state index >= 15 is 0 Å². The van der Waals surface area contributed by atoms with E-state index in [2.05, 4.69) is 16.0 Å². The summed E-state index contributed by atoms with van der Waals surface area (Å²) in [7, 11) is 0. The highest BCUT2D eigenvalue weighted by atomic mass is 16.3. The summed E-state index contributed by atoms with van der Waals surface area (Å²) in [4.78, 5) is 23.9. The van der Waals surface area contributed by atoms with E-state index in [9.17, 15) is 14.7 Å². The van der Waals surface area contributed by atoms with Crippen LogP contribution in [0.5, 0.6) is 0 Å². The van der Waals surface area contributed by atoms with Gasteiger partial charge in [0.1, 0.15) is 0 Å². The largest absolute Gasteiger partial charge is 0.394 e. The van der Waals surface area contributed by atoms with Gasteiger partial charge in [-0.3, -0.25) is 9.59 Å². The zero-order valence-electron chi connectivity index (χ0n) is 15.3. The molecule has 0 aliphatic heterocycles. The molecule has 7 nitrogen and oxygen atoms in total. The number of hydrogen-bond acceptors (Lipinski definition) is 5. The Morgan fingerprint density at radius 3 is 2.38 bits per heavy atom. The molecule has 0 fully saturated rings. The molecular formula is C17H35N3O4. The first-order valence-corrected chi connectivity index (χ1v) is 8.97. The van der Waals surface area contributed by atoms with Crippen molar-refractivity contribution in [2.75, 3.05) is 26.2 Å². The second-order valence-electron chi connectivity index (χ2n) is 6.47. The molecule has 0 bridgehead atoms. The summed E-state index contributed by atoms with van der Waals surface area (Å²) in [5, 5.41) is 26.7. The first kappa shape index (κ1) is 22.8. The van der Waals surface area contributed by atoms with Crippen molar-refractivity contribution in [3.8, 4) is 0 Å². The lowest BCUT2D eigenvalue weighted by Crippen LogP contribution is -2.45. The molecule has 0 aromatic rings. The average Bonchev–Trinajstić information content (AvgIpc) is 2.55. The van der Waals surface area contributed by atoms with Gasteiger partial charge < -0.3 is 26.2 Å². The van der Waals surface area contributed by atoms with Gasteiger partial charge in [-0.15, -0.1) is 0 Å². The van der Waals surface area contributed by atoms with Gasteiger partial charge in [-0.05, 0) is 38.1 Å². The van der Waals surface area contributed by atoms with Crippen LogP contribution in [-0.2, 0) is 9.59 Å². The Morgan fingerprint density at radius 1 is 1.08 bits per heavy atom. The highest BCUT2D eigenvalue weighted by Gasteiger charge is 2.18. The minimum Gasteiger partial charge on any atom is -0.394 e. The van der Waals surface area contributed by atoms with Crippen molar-refractivity contribution in [1.82, 2.24) is 16.0 Å². The van der Waals surface area contributed by atoms with E-state index in [1.165, 1.54) is 0 Å². The molecular weight excluding hydrogens is 310 g/mol. The van der Waals surface area contributed by atoms with Crippen LogP contribution < -0.4 is 16.0 Å². The number of carbonyl (C=O) groups excluding carboxylic acids is 2. The summed E-state index contributed by atoms with van der Waals surface area (Å²) in [6.07, 6.45) is 2.13. The molecule has 0 radical (unpaired) electrons. The predicted octanol–water partition coefficient (Wildman–Crippen LogP) is 0.157. The Morgan fingerprint density at radius 2 is 1.79 bits per heavy atom. The van der Waals surface area contributed by atoms with Gasteiger partial charge in [0.25, 0.3) is 0 Å². The van der Waals surface area contributed by atoms with Gasteiger partial charge in [0.2, 0.25) is 11.8 Å². The van der Waals surface area contributed by atoms with Crippen LogP contribution >= 0.6 is 0 Å². The minimum atomic E-state index is -0.675. The smallest absolute Gasteiger partial charge is 0.237 e. The number of likely N-dealkylation sites (N-methyl/N-ethyl adjacent to an activating group) is 1. The predicted molar refractivity (Wildman–Crippen MR) is 94.5 cm³/mol. The van der Waals surface area contributed by atoms with Crippen molar-refractivity contribution < 1.29 is 19.8 Å². The number of rotatable bonds is 14. The zero-order valence-corrected chi connectivity index (χ0v) is 15.3. The summed E-state index contributed by atoms with van der Waals surface area (Å²) < 4.78 is 0. The quantitative estimate of drug-likeness (QED) is 0.288. The number of aliphatic hydroxyl groups excluding tert-OH is 2. The van der Waals surface area contributed by atoms with Crippen LogP contribution in [-0.4, -0.2) is 60.4 Å². The van der Waals surface area contributed by atoms with Crippen LogP contribution in [0.1, 0.15) is 52.9 Å². The minimum absolute atomic E-state index is 0.0589. The normalized spacial score (nSPS) is 13.6. The molecule has 142 valence electrons.